The van der Waals surface area contributed by atoms with Crippen LogP contribution in [0.25, 0.3) is 0 Å². The number of nitrogens with zero attached hydrogens (tertiary/aromatic N) is 1. The quantitative estimate of drug-likeness (QED) is 0.412. The highest BCUT2D eigenvalue weighted by molar-refractivity contribution is 7.09. The van der Waals surface area contributed by atoms with Crippen LogP contribution in [0.3, 0.4) is 0 Å². The van der Waals surface area contributed by atoms with E-state index in [0.717, 1.165) is 0 Å². The number of hydrogen-bond donors (Lipinski definition) is 2. The third-order valence-corrected chi connectivity index (χ3v) is 5.80. The van der Waals surface area contributed by atoms with Gasteiger partial charge in [0.15, 0.2) is 5.69 Å². The molecule has 0 saturated carbocycles. The van der Waals surface area contributed by atoms with Crippen molar-refractivity contribution in [2.45, 2.75) is 26.5 Å². The van der Waals surface area contributed by atoms with E-state index in [1.165, 1.54) is 41.0 Å². The van der Waals surface area contributed by atoms with Crippen LogP contribution in [0.5, 0.6) is 5.75 Å². The van der Waals surface area contributed by atoms with Gasteiger partial charge in [-0.2, -0.15) is 0 Å². The highest BCUT2D eigenvalue weighted by Gasteiger charge is 2.36. The maximum absolute atomic E-state index is 13.0. The van der Waals surface area contributed by atoms with Crippen molar-refractivity contribution in [3.63, 3.8) is 0 Å². The van der Waals surface area contributed by atoms with Crippen molar-refractivity contribution in [3.8, 4) is 5.75 Å². The van der Waals surface area contributed by atoms with Gasteiger partial charge in [0.2, 0.25) is 0 Å². The summed E-state index contributed by atoms with van der Waals surface area (Å²) in [6, 6.07) is 7.34. The molecule has 3 aromatic rings. The highest BCUT2D eigenvalue weighted by Crippen LogP contribution is 2.29. The molecule has 0 aliphatic carbocycles. The molecule has 10 nitrogen and oxygen atoms in total. The predicted octanol–water partition coefficient (Wildman–Crippen LogP) is 3.79. The largest absolute Gasteiger partial charge is 0.486 e. The molecule has 0 radical (unpaired) electrons. The first-order valence-corrected chi connectivity index (χ1v) is 11.8. The van der Waals surface area contributed by atoms with E-state index < -0.39 is 30.6 Å². The van der Waals surface area contributed by atoms with Crippen LogP contribution in [0, 0.1) is 12.7 Å². The van der Waals surface area contributed by atoms with Gasteiger partial charge >= 0.3 is 18.0 Å². The number of benzene rings is 1. The van der Waals surface area contributed by atoms with E-state index in [9.17, 15) is 18.8 Å². The smallest absolute Gasteiger partial charge is 0.358 e. The van der Waals surface area contributed by atoms with Crippen LogP contribution < -0.4 is 15.4 Å². The van der Waals surface area contributed by atoms with Gasteiger partial charge in [-0.3, -0.25) is 0 Å². The number of amides is 2. The second kappa shape index (κ2) is 11.0. The van der Waals surface area contributed by atoms with Crippen molar-refractivity contribution in [1.29, 1.82) is 0 Å². The summed E-state index contributed by atoms with van der Waals surface area (Å²) in [5.41, 5.74) is 0.166. The second-order valence-corrected chi connectivity index (χ2v) is 8.48. The first kappa shape index (κ1) is 24.9. The zero-order valence-electron chi connectivity index (χ0n) is 19.3. The summed E-state index contributed by atoms with van der Waals surface area (Å²) in [6.07, 6.45) is 0. The van der Waals surface area contributed by atoms with Crippen LogP contribution in [0.2, 0.25) is 0 Å². The van der Waals surface area contributed by atoms with Crippen molar-refractivity contribution < 1.29 is 37.4 Å². The Balaban J connectivity index is 1.46. The average molecular weight is 516 g/mol. The molecule has 4 rings (SSSR count). The zero-order chi connectivity index (χ0) is 25.7. The van der Waals surface area contributed by atoms with Crippen molar-refractivity contribution in [3.05, 3.63) is 81.1 Å². The van der Waals surface area contributed by atoms with Gasteiger partial charge in [-0.25, -0.2) is 23.8 Å². The van der Waals surface area contributed by atoms with Crippen molar-refractivity contribution >= 4 is 29.3 Å². The van der Waals surface area contributed by atoms with Crippen molar-refractivity contribution in [2.24, 2.45) is 0 Å². The van der Waals surface area contributed by atoms with E-state index >= 15 is 0 Å². The zero-order valence-corrected chi connectivity index (χ0v) is 20.1. The third-order valence-electron chi connectivity index (χ3n) is 4.98. The Morgan fingerprint density at radius 2 is 1.89 bits per heavy atom. The number of ether oxygens (including phenoxy) is 3. The number of carbonyl (C=O) groups is 3. The summed E-state index contributed by atoms with van der Waals surface area (Å²) in [6.45, 7) is 3.16. The number of aromatic nitrogens is 1. The summed E-state index contributed by atoms with van der Waals surface area (Å²) >= 11 is 1.18. The fourth-order valence-corrected chi connectivity index (χ4v) is 4.04. The molecule has 2 aromatic heterocycles. The molecule has 12 heteroatoms. The van der Waals surface area contributed by atoms with Gasteiger partial charge in [0.1, 0.15) is 47.4 Å². The van der Waals surface area contributed by atoms with Crippen LogP contribution in [-0.4, -0.2) is 36.2 Å². The molecule has 36 heavy (non-hydrogen) atoms. The summed E-state index contributed by atoms with van der Waals surface area (Å²) in [4.78, 5) is 41.8. The van der Waals surface area contributed by atoms with Crippen LogP contribution in [0.15, 0.2) is 57.5 Å². The first-order valence-electron chi connectivity index (χ1n) is 10.9. The highest BCUT2D eigenvalue weighted by atomic mass is 32.1. The van der Waals surface area contributed by atoms with Crippen molar-refractivity contribution in [2.75, 3.05) is 13.2 Å². The minimum Gasteiger partial charge on any atom is -0.486 e. The van der Waals surface area contributed by atoms with Gasteiger partial charge in [0.05, 0.1) is 17.9 Å². The molecular formula is C24H22FN3O7S. The fourth-order valence-electron chi connectivity index (χ4n) is 3.36. The lowest BCUT2D eigenvalue weighted by Gasteiger charge is -2.27. The number of nitrogens with one attached hydrogen (secondary N) is 2. The fraction of sp³-hybridized carbons (Fsp3) is 0.250. The number of furan rings is 1. The van der Waals surface area contributed by atoms with E-state index in [1.807, 2.05) is 0 Å². The van der Waals surface area contributed by atoms with Crippen LogP contribution in [-0.2, 0) is 20.9 Å². The van der Waals surface area contributed by atoms with Gasteiger partial charge in [0.25, 0.3) is 0 Å². The molecule has 1 aliphatic heterocycles. The lowest BCUT2D eigenvalue weighted by molar-refractivity contribution is -0.139. The number of carbonyl (C=O) groups excluding carboxylic acids is 3. The molecule has 0 saturated heterocycles. The molecule has 3 heterocycles. The van der Waals surface area contributed by atoms with Gasteiger partial charge in [-0.1, -0.05) is 0 Å². The lowest BCUT2D eigenvalue weighted by Crippen LogP contribution is -2.47. The number of rotatable bonds is 9. The molecule has 1 aromatic carbocycles. The Kier molecular flexibility index (Phi) is 7.64. The van der Waals surface area contributed by atoms with Crippen LogP contribution in [0.4, 0.5) is 9.18 Å². The Hall–Kier alpha value is -4.19. The SMILES string of the molecule is CCOC(=O)C1=C(COC(=O)c2csc(COc3ccc(F)cc3)n2)NC(=O)N[C@H]1c1ccc(C)o1. The normalized spacial score (nSPS) is 15.2. The number of thiazole rings is 1. The number of hydrogen-bond acceptors (Lipinski definition) is 9. The van der Waals surface area contributed by atoms with E-state index in [-0.39, 0.29) is 36.0 Å². The second-order valence-electron chi connectivity index (χ2n) is 7.54. The Morgan fingerprint density at radius 3 is 2.58 bits per heavy atom. The maximum atomic E-state index is 13.0. The third kappa shape index (κ3) is 5.89. The average Bonchev–Trinajstić information content (AvgIpc) is 3.51. The molecule has 0 bridgehead atoms. The number of urea groups is 1. The molecule has 0 unspecified atom stereocenters. The minimum atomic E-state index is -0.922. The van der Waals surface area contributed by atoms with E-state index in [2.05, 4.69) is 15.6 Å². The number of halogens is 1. The standard InChI is InChI=1S/C24H22FN3O7S/c1-3-32-23(30)20-16(27-24(31)28-21(20)18-9-4-13(2)35-18)10-34-22(29)17-12-36-19(26-17)11-33-15-7-5-14(25)6-8-15/h4-9,12,21H,3,10-11H2,1-2H3,(H2,27,28,31)/t21-/m0/s1. The first-order chi connectivity index (χ1) is 17.3. The molecule has 188 valence electrons. The molecule has 1 atom stereocenters. The van der Waals surface area contributed by atoms with Gasteiger partial charge in [-0.15, -0.1) is 11.3 Å². The van der Waals surface area contributed by atoms with E-state index in [4.69, 9.17) is 18.6 Å². The molecule has 2 N–H and O–H groups in total. The summed E-state index contributed by atoms with van der Waals surface area (Å²) in [5.74, 6) is -0.441. The molecule has 0 fully saturated rings. The van der Waals surface area contributed by atoms with Gasteiger partial charge in [-0.05, 0) is 50.2 Å². The van der Waals surface area contributed by atoms with E-state index in [0.29, 0.717) is 22.3 Å². The van der Waals surface area contributed by atoms with Crippen molar-refractivity contribution in [1.82, 2.24) is 15.6 Å². The lowest BCUT2D eigenvalue weighted by atomic mass is 10.0. The predicted molar refractivity (Wildman–Crippen MR) is 125 cm³/mol. The van der Waals surface area contributed by atoms with Gasteiger partial charge < -0.3 is 29.3 Å². The number of aryl methyl sites for hydroxylation is 1. The molecule has 2 amide bonds. The van der Waals surface area contributed by atoms with E-state index in [1.54, 1.807) is 26.0 Å². The maximum Gasteiger partial charge on any atom is 0.358 e. The minimum absolute atomic E-state index is 0.0365. The topological polar surface area (TPSA) is 129 Å². The molecule has 0 spiro atoms. The Bertz CT molecular complexity index is 1300. The molecule has 1 aliphatic rings. The summed E-state index contributed by atoms with van der Waals surface area (Å²) in [7, 11) is 0. The molecular weight excluding hydrogens is 493 g/mol. The summed E-state index contributed by atoms with van der Waals surface area (Å²) < 4.78 is 34.6. The Labute approximate surface area is 209 Å². The van der Waals surface area contributed by atoms with Crippen LogP contribution in [0.1, 0.15) is 40.0 Å². The number of esters is 2. The monoisotopic (exact) mass is 515 g/mol. The van der Waals surface area contributed by atoms with Crippen LogP contribution >= 0.6 is 11.3 Å². The Morgan fingerprint density at radius 1 is 1.11 bits per heavy atom. The summed E-state index contributed by atoms with van der Waals surface area (Å²) in [5, 5.41) is 7.15. The van der Waals surface area contributed by atoms with Gasteiger partial charge in [0, 0.05) is 5.38 Å².